The third-order valence-corrected chi connectivity index (χ3v) is 4.98. The first-order valence-corrected chi connectivity index (χ1v) is 9.69. The first-order chi connectivity index (χ1) is 12.7. The summed E-state index contributed by atoms with van der Waals surface area (Å²) in [5, 5.41) is 6.19. The maximum Gasteiger partial charge on any atom is 0.338 e. The van der Waals surface area contributed by atoms with Crippen LogP contribution in [0.25, 0.3) is 0 Å². The third kappa shape index (κ3) is 4.76. The number of carbonyl (C=O) groups is 2. The van der Waals surface area contributed by atoms with Gasteiger partial charge in [-0.3, -0.25) is 4.79 Å². The molecule has 0 aromatic heterocycles. The lowest BCUT2D eigenvalue weighted by Crippen LogP contribution is -2.38. The highest BCUT2D eigenvalue weighted by atomic mass is 79.9. The Morgan fingerprint density at radius 1 is 1.15 bits per heavy atom. The molecule has 0 saturated carbocycles. The van der Waals surface area contributed by atoms with Gasteiger partial charge in [-0.05, 0) is 68.7 Å². The molecule has 2 aromatic rings. The number of esters is 1. The van der Waals surface area contributed by atoms with Crippen LogP contribution in [0.5, 0.6) is 0 Å². The van der Waals surface area contributed by atoms with Gasteiger partial charge in [0.1, 0.15) is 11.6 Å². The molecule has 2 aromatic carbocycles. The molecular weight excluding hydrogens is 408 g/mol. The Morgan fingerprint density at radius 2 is 1.85 bits per heavy atom. The molecule has 0 spiro atoms. The maximum absolute atomic E-state index is 12.8. The summed E-state index contributed by atoms with van der Waals surface area (Å²) in [6.07, 6.45) is 0.880. The summed E-state index contributed by atoms with van der Waals surface area (Å²) in [7, 11) is 0. The van der Waals surface area contributed by atoms with Gasteiger partial charge in [0.25, 0.3) is 0 Å². The van der Waals surface area contributed by atoms with E-state index in [0.29, 0.717) is 11.3 Å². The predicted molar refractivity (Wildman–Crippen MR) is 109 cm³/mol. The Morgan fingerprint density at radius 3 is 2.52 bits per heavy atom. The van der Waals surface area contributed by atoms with Crippen LogP contribution in [0.15, 0.2) is 46.9 Å². The van der Waals surface area contributed by atoms with E-state index in [-0.39, 0.29) is 11.9 Å². The van der Waals surface area contributed by atoms with Crippen molar-refractivity contribution in [3.05, 3.63) is 63.6 Å². The quantitative estimate of drug-likeness (QED) is 0.714. The van der Waals surface area contributed by atoms with E-state index in [9.17, 15) is 9.59 Å². The molecule has 1 aliphatic rings. The van der Waals surface area contributed by atoms with Gasteiger partial charge in [-0.15, -0.1) is 0 Å². The highest BCUT2D eigenvalue weighted by Gasteiger charge is 2.27. The Labute approximate surface area is 167 Å². The van der Waals surface area contributed by atoms with E-state index >= 15 is 0 Å². The zero-order valence-electron chi connectivity index (χ0n) is 15.6. The minimum atomic E-state index is -0.543. The minimum Gasteiger partial charge on any atom is -0.456 e. The van der Waals surface area contributed by atoms with Gasteiger partial charge >= 0.3 is 5.97 Å². The average molecular weight is 431 g/mol. The fraction of sp³-hybridized carbons (Fsp3) is 0.333. The molecule has 1 amide bonds. The molecule has 1 atom stereocenters. The van der Waals surface area contributed by atoms with Crippen LogP contribution in [0, 0.1) is 0 Å². The van der Waals surface area contributed by atoms with Crippen molar-refractivity contribution in [3.63, 3.8) is 0 Å². The summed E-state index contributed by atoms with van der Waals surface area (Å²) in [5.41, 5.74) is 2.69. The number of halogens is 1. The lowest BCUT2D eigenvalue weighted by molar-refractivity contribution is -0.118. The van der Waals surface area contributed by atoms with E-state index in [0.717, 1.165) is 28.6 Å². The molecular formula is C21H23BrN2O3. The second-order valence-electron chi connectivity index (χ2n) is 7.51. The van der Waals surface area contributed by atoms with E-state index in [1.54, 1.807) is 24.3 Å². The summed E-state index contributed by atoms with van der Waals surface area (Å²) < 4.78 is 6.38. The van der Waals surface area contributed by atoms with Gasteiger partial charge in [0.05, 0.1) is 5.56 Å². The highest BCUT2D eigenvalue weighted by Crippen LogP contribution is 2.29. The number of rotatable bonds is 3. The summed E-state index contributed by atoms with van der Waals surface area (Å²) >= 11 is 3.56. The first kappa shape index (κ1) is 19.6. The molecule has 0 fully saturated rings. The molecule has 0 bridgehead atoms. The number of nitrogens with one attached hydrogen (secondary N) is 2. The number of hydrogen-bond acceptors (Lipinski definition) is 4. The zero-order chi connectivity index (χ0) is 19.6. The van der Waals surface area contributed by atoms with Crippen LogP contribution in [-0.4, -0.2) is 24.0 Å². The van der Waals surface area contributed by atoms with Crippen molar-refractivity contribution in [2.45, 2.75) is 38.8 Å². The Kier molecular flexibility index (Phi) is 5.67. The van der Waals surface area contributed by atoms with E-state index < -0.39 is 11.6 Å². The van der Waals surface area contributed by atoms with Gasteiger partial charge in [-0.2, -0.15) is 0 Å². The monoisotopic (exact) mass is 430 g/mol. The molecule has 0 aliphatic carbocycles. The number of benzene rings is 2. The van der Waals surface area contributed by atoms with Gasteiger partial charge in [-0.25, -0.2) is 4.79 Å². The highest BCUT2D eigenvalue weighted by molar-refractivity contribution is 9.10. The van der Waals surface area contributed by atoms with E-state index in [1.807, 2.05) is 39.0 Å². The molecule has 5 nitrogen and oxygen atoms in total. The topological polar surface area (TPSA) is 67.4 Å². The van der Waals surface area contributed by atoms with Crippen LogP contribution in [0.1, 0.15) is 48.3 Å². The van der Waals surface area contributed by atoms with Crippen molar-refractivity contribution in [1.82, 2.24) is 5.32 Å². The largest absolute Gasteiger partial charge is 0.456 e. The smallest absolute Gasteiger partial charge is 0.338 e. The summed E-state index contributed by atoms with van der Waals surface area (Å²) in [4.78, 5) is 24.9. The first-order valence-electron chi connectivity index (χ1n) is 8.89. The Bertz CT molecular complexity index is 857. The van der Waals surface area contributed by atoms with Gasteiger partial charge in [0.15, 0.2) is 0 Å². The fourth-order valence-electron chi connectivity index (χ4n) is 3.04. The third-order valence-electron chi connectivity index (χ3n) is 4.24. The number of amides is 1. The molecule has 0 saturated heterocycles. The fourth-order valence-corrected chi connectivity index (χ4v) is 3.62. The normalized spacial score (nSPS) is 16.4. The summed E-state index contributed by atoms with van der Waals surface area (Å²) in [5.74, 6) is -0.507. The number of ether oxygens (including phenoxy) is 1. The van der Waals surface area contributed by atoms with Crippen LogP contribution >= 0.6 is 15.9 Å². The van der Waals surface area contributed by atoms with Crippen molar-refractivity contribution in [3.8, 4) is 0 Å². The Hall–Kier alpha value is -2.18. The molecule has 0 unspecified atom stereocenters. The van der Waals surface area contributed by atoms with Crippen LogP contribution in [-0.2, 0) is 16.0 Å². The van der Waals surface area contributed by atoms with E-state index in [1.165, 1.54) is 0 Å². The van der Waals surface area contributed by atoms with Crippen molar-refractivity contribution >= 4 is 33.5 Å². The molecule has 27 heavy (non-hydrogen) atoms. The van der Waals surface area contributed by atoms with Crippen LogP contribution in [0.3, 0.4) is 0 Å². The zero-order valence-corrected chi connectivity index (χ0v) is 17.2. The SMILES string of the molecule is CC(C)(C)OC(=O)c1ccc(NC(=O)[C@H]2NCCc3c(Br)cccc32)cc1. The predicted octanol–water partition coefficient (Wildman–Crippen LogP) is 4.23. The molecule has 1 aliphatic heterocycles. The van der Waals surface area contributed by atoms with Crippen LogP contribution < -0.4 is 10.6 Å². The molecule has 2 N–H and O–H groups in total. The van der Waals surface area contributed by atoms with Gasteiger partial charge in [0.2, 0.25) is 5.91 Å². The molecule has 3 rings (SSSR count). The number of carbonyl (C=O) groups excluding carboxylic acids is 2. The second-order valence-corrected chi connectivity index (χ2v) is 8.37. The van der Waals surface area contributed by atoms with Gasteiger partial charge in [0, 0.05) is 16.7 Å². The van der Waals surface area contributed by atoms with Crippen molar-refractivity contribution in [2.24, 2.45) is 0 Å². The average Bonchev–Trinajstić information content (AvgIpc) is 2.61. The second kappa shape index (κ2) is 7.82. The maximum atomic E-state index is 12.8. The number of hydrogen-bond donors (Lipinski definition) is 2. The van der Waals surface area contributed by atoms with Crippen molar-refractivity contribution in [1.29, 1.82) is 0 Å². The van der Waals surface area contributed by atoms with E-state index in [2.05, 4.69) is 26.6 Å². The van der Waals surface area contributed by atoms with Crippen LogP contribution in [0.4, 0.5) is 5.69 Å². The lowest BCUT2D eigenvalue weighted by Gasteiger charge is -2.27. The molecule has 0 radical (unpaired) electrons. The number of anilines is 1. The minimum absolute atomic E-state index is 0.126. The van der Waals surface area contributed by atoms with Gasteiger partial charge < -0.3 is 15.4 Å². The van der Waals surface area contributed by atoms with Crippen LogP contribution in [0.2, 0.25) is 0 Å². The molecule has 142 valence electrons. The number of fused-ring (bicyclic) bond motifs is 1. The summed E-state index contributed by atoms with van der Waals surface area (Å²) in [6.45, 7) is 6.22. The van der Waals surface area contributed by atoms with E-state index in [4.69, 9.17) is 4.74 Å². The van der Waals surface area contributed by atoms with Gasteiger partial charge in [-0.1, -0.05) is 28.1 Å². The van der Waals surface area contributed by atoms with Crippen molar-refractivity contribution in [2.75, 3.05) is 11.9 Å². The standard InChI is InChI=1S/C21H23BrN2O3/c1-21(2,3)27-20(26)13-7-9-14(10-8-13)24-19(25)18-16-5-4-6-17(22)15(16)11-12-23-18/h4-10,18,23H,11-12H2,1-3H3,(H,24,25)/t18-/m0/s1. The Balaban J connectivity index is 1.71. The molecule has 1 heterocycles. The molecule has 6 heteroatoms. The van der Waals surface area contributed by atoms with Crippen molar-refractivity contribution < 1.29 is 14.3 Å². The summed E-state index contributed by atoms with van der Waals surface area (Å²) in [6, 6.07) is 12.2. The lowest BCUT2D eigenvalue weighted by atomic mass is 9.94.